The summed E-state index contributed by atoms with van der Waals surface area (Å²) in [5, 5.41) is 15.4. The second kappa shape index (κ2) is 6.70. The maximum absolute atomic E-state index is 13.6. The fraction of sp³-hybridized carbons (Fsp3) is 0.409. The van der Waals surface area contributed by atoms with Gasteiger partial charge in [0.15, 0.2) is 0 Å². The first-order chi connectivity index (χ1) is 14.5. The van der Waals surface area contributed by atoms with Crippen molar-refractivity contribution in [1.29, 1.82) is 0 Å². The molecule has 0 aromatic heterocycles. The van der Waals surface area contributed by atoms with Crippen molar-refractivity contribution in [3.8, 4) is 11.5 Å². The predicted octanol–water partition coefficient (Wildman–Crippen LogP) is 2.76. The maximum Gasteiger partial charge on any atom is 0.250 e. The Bertz CT molecular complexity index is 1040. The van der Waals surface area contributed by atoms with Gasteiger partial charge in [0.1, 0.15) is 17.0 Å². The molecule has 2 fully saturated rings. The second-order valence-electron chi connectivity index (χ2n) is 8.03. The maximum atomic E-state index is 13.6. The van der Waals surface area contributed by atoms with E-state index in [0.29, 0.717) is 30.0 Å². The number of benzene rings is 2. The lowest BCUT2D eigenvalue weighted by molar-refractivity contribution is -0.527. The van der Waals surface area contributed by atoms with E-state index in [1.165, 1.54) is 7.11 Å². The first-order valence-corrected chi connectivity index (χ1v) is 10.1. The molecule has 30 heavy (non-hydrogen) atoms. The zero-order valence-electron chi connectivity index (χ0n) is 16.8. The third kappa shape index (κ3) is 2.28. The van der Waals surface area contributed by atoms with Crippen LogP contribution in [0.5, 0.6) is 11.5 Å². The number of para-hydroxylation sites is 1. The van der Waals surface area contributed by atoms with Crippen molar-refractivity contribution in [3.05, 3.63) is 63.7 Å². The van der Waals surface area contributed by atoms with Crippen molar-refractivity contribution in [2.75, 3.05) is 26.1 Å². The molecule has 0 saturated carbocycles. The molecule has 5 rings (SSSR count). The summed E-state index contributed by atoms with van der Waals surface area (Å²) < 4.78 is 10.9. The van der Waals surface area contributed by atoms with E-state index in [4.69, 9.17) is 9.47 Å². The van der Waals surface area contributed by atoms with Gasteiger partial charge in [0.05, 0.1) is 26.2 Å². The first-order valence-electron chi connectivity index (χ1n) is 10.1. The summed E-state index contributed by atoms with van der Waals surface area (Å²) in [4.78, 5) is 27.9. The number of nitro groups is 1. The van der Waals surface area contributed by atoms with Crippen LogP contribution in [0.1, 0.15) is 29.9 Å². The molecule has 8 nitrogen and oxygen atoms in total. The molecule has 2 saturated heterocycles. The van der Waals surface area contributed by atoms with Crippen LogP contribution in [0.4, 0.5) is 5.69 Å². The van der Waals surface area contributed by atoms with Crippen LogP contribution in [-0.2, 0) is 10.3 Å². The lowest BCUT2D eigenvalue weighted by Gasteiger charge is -2.36. The number of carbonyl (C=O) groups is 1. The Labute approximate surface area is 173 Å². The Morgan fingerprint density at radius 3 is 2.73 bits per heavy atom. The zero-order valence-corrected chi connectivity index (χ0v) is 16.8. The quantitative estimate of drug-likeness (QED) is 0.617. The standard InChI is InChI=1S/C22H23N3O5/c1-29-13-9-10-14(18(12-13)30-2)19-20(25(27)28)17-8-5-11-24(17)22(19)15-6-3-4-7-16(15)23-21(22)26/h3-4,6-7,9-10,12,17,19-20H,5,8,11H2,1-2H3,(H,23,26). The minimum Gasteiger partial charge on any atom is -0.497 e. The van der Waals surface area contributed by atoms with Gasteiger partial charge in [-0.15, -0.1) is 0 Å². The molecule has 8 heteroatoms. The number of ether oxygens (including phenoxy) is 2. The zero-order chi connectivity index (χ0) is 21.0. The van der Waals surface area contributed by atoms with Gasteiger partial charge in [-0.05, 0) is 25.0 Å². The van der Waals surface area contributed by atoms with E-state index in [-0.39, 0.29) is 16.9 Å². The number of nitrogens with one attached hydrogen (secondary N) is 1. The molecule has 1 spiro atoms. The van der Waals surface area contributed by atoms with Gasteiger partial charge in [-0.25, -0.2) is 0 Å². The molecule has 0 aliphatic carbocycles. The Hall–Kier alpha value is -3.13. The number of amides is 1. The van der Waals surface area contributed by atoms with Gasteiger partial charge >= 0.3 is 0 Å². The van der Waals surface area contributed by atoms with Crippen molar-refractivity contribution in [3.63, 3.8) is 0 Å². The van der Waals surface area contributed by atoms with E-state index < -0.39 is 17.5 Å². The van der Waals surface area contributed by atoms with Crippen LogP contribution in [0.3, 0.4) is 0 Å². The Balaban J connectivity index is 1.81. The number of methoxy groups -OCH3 is 2. The molecule has 1 N–H and O–H groups in total. The van der Waals surface area contributed by atoms with Crippen molar-refractivity contribution in [1.82, 2.24) is 4.90 Å². The molecule has 3 heterocycles. The molecule has 156 valence electrons. The number of fused-ring (bicyclic) bond motifs is 4. The molecule has 4 unspecified atom stereocenters. The summed E-state index contributed by atoms with van der Waals surface area (Å²) in [6.07, 6.45) is 1.52. The first kappa shape index (κ1) is 18.9. The van der Waals surface area contributed by atoms with Crippen molar-refractivity contribution in [2.24, 2.45) is 0 Å². The van der Waals surface area contributed by atoms with Crippen molar-refractivity contribution in [2.45, 2.75) is 36.4 Å². The highest BCUT2D eigenvalue weighted by Gasteiger charge is 2.72. The highest BCUT2D eigenvalue weighted by Crippen LogP contribution is 2.60. The van der Waals surface area contributed by atoms with Gasteiger partial charge in [-0.2, -0.15) is 0 Å². The van der Waals surface area contributed by atoms with E-state index in [0.717, 1.165) is 17.7 Å². The summed E-state index contributed by atoms with van der Waals surface area (Å²) in [5.41, 5.74) is 1.03. The van der Waals surface area contributed by atoms with Crippen LogP contribution in [0, 0.1) is 10.1 Å². The molecule has 4 atom stereocenters. The summed E-state index contributed by atoms with van der Waals surface area (Å²) in [6, 6.07) is 11.6. The van der Waals surface area contributed by atoms with E-state index in [2.05, 4.69) is 10.2 Å². The number of anilines is 1. The summed E-state index contributed by atoms with van der Waals surface area (Å²) in [7, 11) is 3.09. The molecule has 3 aliphatic heterocycles. The fourth-order valence-corrected chi connectivity index (χ4v) is 5.84. The summed E-state index contributed by atoms with van der Waals surface area (Å²) >= 11 is 0. The van der Waals surface area contributed by atoms with Crippen LogP contribution in [0.15, 0.2) is 42.5 Å². The number of carbonyl (C=O) groups excluding carboxylic acids is 1. The molecule has 0 radical (unpaired) electrons. The SMILES string of the molecule is COc1ccc(C2C([N+](=O)[O-])C3CCCN3C23C(=O)Nc2ccccc23)c(OC)c1. The molecule has 2 aromatic carbocycles. The number of hydrogen-bond acceptors (Lipinski definition) is 6. The largest absolute Gasteiger partial charge is 0.497 e. The van der Waals surface area contributed by atoms with Crippen molar-refractivity contribution < 1.29 is 19.2 Å². The minimum atomic E-state index is -1.14. The van der Waals surface area contributed by atoms with Gasteiger partial charge in [0.25, 0.3) is 5.91 Å². The smallest absolute Gasteiger partial charge is 0.250 e. The van der Waals surface area contributed by atoms with Crippen LogP contribution in [-0.4, -0.2) is 48.6 Å². The molecular formula is C22H23N3O5. The predicted molar refractivity (Wildman–Crippen MR) is 110 cm³/mol. The van der Waals surface area contributed by atoms with Gasteiger partial charge in [-0.3, -0.25) is 19.8 Å². The highest BCUT2D eigenvalue weighted by atomic mass is 16.6. The number of hydrogen-bond donors (Lipinski definition) is 1. The molecule has 3 aliphatic rings. The monoisotopic (exact) mass is 409 g/mol. The molecule has 0 bridgehead atoms. The van der Waals surface area contributed by atoms with Crippen LogP contribution < -0.4 is 14.8 Å². The van der Waals surface area contributed by atoms with E-state index in [1.807, 2.05) is 24.3 Å². The Morgan fingerprint density at radius 1 is 1.20 bits per heavy atom. The average Bonchev–Trinajstić information content (AvgIpc) is 3.41. The molecular weight excluding hydrogens is 386 g/mol. The summed E-state index contributed by atoms with van der Waals surface area (Å²) in [6.45, 7) is 0.645. The van der Waals surface area contributed by atoms with E-state index in [9.17, 15) is 14.9 Å². The molecule has 2 aromatic rings. The Morgan fingerprint density at radius 2 is 2.00 bits per heavy atom. The normalized spacial score (nSPS) is 29.5. The summed E-state index contributed by atoms with van der Waals surface area (Å²) in [5.74, 6) is 0.186. The number of nitrogens with zero attached hydrogens (tertiary/aromatic N) is 2. The van der Waals surface area contributed by atoms with E-state index in [1.54, 1.807) is 25.3 Å². The minimum absolute atomic E-state index is 0.206. The van der Waals surface area contributed by atoms with Crippen molar-refractivity contribution >= 4 is 11.6 Å². The lowest BCUT2D eigenvalue weighted by Crippen LogP contribution is -2.50. The van der Waals surface area contributed by atoms with Gasteiger partial charge < -0.3 is 14.8 Å². The van der Waals surface area contributed by atoms with Gasteiger partial charge in [0, 0.05) is 34.3 Å². The van der Waals surface area contributed by atoms with Crippen LogP contribution >= 0.6 is 0 Å². The third-order valence-corrected chi connectivity index (χ3v) is 6.89. The number of rotatable bonds is 4. The third-order valence-electron chi connectivity index (χ3n) is 6.89. The van der Waals surface area contributed by atoms with Crippen LogP contribution in [0.25, 0.3) is 0 Å². The van der Waals surface area contributed by atoms with E-state index >= 15 is 0 Å². The van der Waals surface area contributed by atoms with Crippen LogP contribution in [0.2, 0.25) is 0 Å². The fourth-order valence-electron chi connectivity index (χ4n) is 5.84. The molecule has 1 amide bonds. The van der Waals surface area contributed by atoms with Gasteiger partial charge in [0.2, 0.25) is 6.04 Å². The highest BCUT2D eigenvalue weighted by molar-refractivity contribution is 6.07. The average molecular weight is 409 g/mol. The van der Waals surface area contributed by atoms with Gasteiger partial charge in [-0.1, -0.05) is 24.3 Å². The lowest BCUT2D eigenvalue weighted by atomic mass is 9.73. The topological polar surface area (TPSA) is 93.9 Å². The second-order valence-corrected chi connectivity index (χ2v) is 8.03. The Kier molecular flexibility index (Phi) is 4.21.